The second-order valence-corrected chi connectivity index (χ2v) is 26.9. The van der Waals surface area contributed by atoms with Gasteiger partial charge in [-0.3, -0.25) is 32.5 Å². The van der Waals surface area contributed by atoms with Crippen molar-refractivity contribution in [2.45, 2.75) is 334 Å². The minimum atomic E-state index is -4.92. The maximum absolute atomic E-state index is 12.9. The molecule has 16 nitrogen and oxygen atoms in total. The van der Waals surface area contributed by atoms with E-state index in [2.05, 4.69) is 81.5 Å². The minimum absolute atomic E-state index is 0.113. The maximum atomic E-state index is 12.9. The predicted octanol–water partition coefficient (Wildman–Crippen LogP) is 19.8. The second kappa shape index (κ2) is 65.3. The number of hydrogen-bond acceptors (Lipinski definition) is 14. The van der Waals surface area contributed by atoms with Crippen LogP contribution in [0.15, 0.2) is 60.8 Å². The van der Waals surface area contributed by atoms with Crippen LogP contribution in [-0.4, -0.2) is 95.9 Å². The summed E-state index contributed by atoms with van der Waals surface area (Å²) >= 11 is 0. The van der Waals surface area contributed by atoms with Crippen LogP contribution in [0.1, 0.15) is 316 Å². The van der Waals surface area contributed by atoms with Gasteiger partial charge in [-0.15, -0.1) is 0 Å². The number of unbranched alkanes of at least 4 members (excludes halogenated alkanes) is 35. The number of ether oxygens (including phenoxy) is 3. The second-order valence-electron chi connectivity index (χ2n) is 24.0. The molecule has 0 fully saturated rings. The van der Waals surface area contributed by atoms with Crippen molar-refractivity contribution in [3.8, 4) is 0 Å². The van der Waals surface area contributed by atoms with Crippen LogP contribution < -0.4 is 0 Å². The minimum Gasteiger partial charge on any atom is -0.463 e. The van der Waals surface area contributed by atoms with Crippen molar-refractivity contribution in [2.75, 3.05) is 39.6 Å². The van der Waals surface area contributed by atoms with Crippen molar-refractivity contribution >= 4 is 33.6 Å². The molecule has 0 aromatic rings. The molecule has 0 aliphatic rings. The molecule has 0 rings (SSSR count). The van der Waals surface area contributed by atoms with Crippen molar-refractivity contribution in [1.82, 2.24) is 0 Å². The Morgan fingerprint density at radius 3 is 0.944 bits per heavy atom. The van der Waals surface area contributed by atoms with Gasteiger partial charge in [0, 0.05) is 19.3 Å². The largest absolute Gasteiger partial charge is 0.472 e. The summed E-state index contributed by atoms with van der Waals surface area (Å²) < 4.78 is 61.0. The van der Waals surface area contributed by atoms with Gasteiger partial charge in [-0.2, -0.15) is 0 Å². The number of hydrogen-bond donors (Lipinski definition) is 4. The number of allylic oxidation sites excluding steroid dienone is 10. The molecule has 5 atom stereocenters. The number of aliphatic hydroxyl groups excluding tert-OH is 2. The number of phosphoric acid groups is 2. The lowest BCUT2D eigenvalue weighted by molar-refractivity contribution is -0.161. The standard InChI is InChI=1S/C71H130O16P2/c1-4-7-10-13-16-19-22-25-28-29-30-31-32-33-34-35-38-40-42-45-48-51-54-57-69(74)81-60-66(72)61-83-88(77,78)84-62-67(73)63-85-89(79,80)86-65-68(87-71(76)59-56-53-50-47-44-41-37-27-24-21-18-15-12-9-6-3)64-82-70(75)58-55-52-49-46-43-39-36-26-23-20-17-14-11-8-5-2/h7,10,16,19,25,28,30-31,33-34,66-68,72-73H,4-6,8-9,11-15,17-18,20-24,26-27,29,32,35-65H2,1-3H3,(H,77,78)(H,79,80)/b10-7-,19-16-,28-25-,31-30-,34-33-. The van der Waals surface area contributed by atoms with Gasteiger partial charge in [0.1, 0.15) is 25.4 Å². The van der Waals surface area contributed by atoms with Gasteiger partial charge in [-0.05, 0) is 64.2 Å². The van der Waals surface area contributed by atoms with Crippen LogP contribution in [0.2, 0.25) is 0 Å². The summed E-state index contributed by atoms with van der Waals surface area (Å²) in [7, 11) is -9.76. The highest BCUT2D eigenvalue weighted by molar-refractivity contribution is 7.47. The Balaban J connectivity index is 4.57. The monoisotopic (exact) mass is 1300 g/mol. The van der Waals surface area contributed by atoms with E-state index in [4.69, 9.17) is 32.3 Å². The van der Waals surface area contributed by atoms with Crippen molar-refractivity contribution in [3.63, 3.8) is 0 Å². The van der Waals surface area contributed by atoms with E-state index in [1.165, 1.54) is 135 Å². The van der Waals surface area contributed by atoms with Crippen molar-refractivity contribution in [1.29, 1.82) is 0 Å². The highest BCUT2D eigenvalue weighted by Crippen LogP contribution is 2.45. The molecule has 0 aliphatic carbocycles. The van der Waals surface area contributed by atoms with E-state index < -0.39 is 91.5 Å². The van der Waals surface area contributed by atoms with Crippen molar-refractivity contribution < 1.29 is 75.8 Å². The van der Waals surface area contributed by atoms with E-state index in [1.54, 1.807) is 0 Å². The third-order valence-corrected chi connectivity index (χ3v) is 17.2. The number of carbonyl (C=O) groups excluding carboxylic acids is 3. The van der Waals surface area contributed by atoms with Gasteiger partial charge in [0.15, 0.2) is 6.10 Å². The van der Waals surface area contributed by atoms with E-state index in [-0.39, 0.29) is 19.3 Å². The van der Waals surface area contributed by atoms with E-state index in [1.807, 2.05) is 0 Å². The Hall–Kier alpha value is -2.75. The summed E-state index contributed by atoms with van der Waals surface area (Å²) in [6, 6.07) is 0. The lowest BCUT2D eigenvalue weighted by Crippen LogP contribution is -2.30. The molecular weight excluding hydrogens is 1170 g/mol. The fourth-order valence-electron chi connectivity index (χ4n) is 9.83. The van der Waals surface area contributed by atoms with Gasteiger partial charge in [0.2, 0.25) is 0 Å². The molecule has 0 saturated carbocycles. The first-order chi connectivity index (χ1) is 43.2. The van der Waals surface area contributed by atoms with E-state index in [0.717, 1.165) is 122 Å². The van der Waals surface area contributed by atoms with Crippen LogP contribution in [0, 0.1) is 0 Å². The molecule has 520 valence electrons. The smallest absolute Gasteiger partial charge is 0.463 e. The van der Waals surface area contributed by atoms with Crippen LogP contribution in [-0.2, 0) is 55.8 Å². The van der Waals surface area contributed by atoms with Crippen LogP contribution in [0.3, 0.4) is 0 Å². The fraction of sp³-hybridized carbons (Fsp3) is 0.817. The fourth-order valence-corrected chi connectivity index (χ4v) is 11.4. The highest BCUT2D eigenvalue weighted by Gasteiger charge is 2.29. The number of carbonyl (C=O) groups is 3. The normalized spacial score (nSPS) is 14.6. The molecule has 0 aliphatic heterocycles. The number of aliphatic hydroxyl groups is 2. The van der Waals surface area contributed by atoms with Crippen LogP contribution in [0.25, 0.3) is 0 Å². The first kappa shape index (κ1) is 86.2. The Morgan fingerprint density at radius 2 is 0.596 bits per heavy atom. The van der Waals surface area contributed by atoms with Gasteiger partial charge in [0.05, 0.1) is 26.4 Å². The van der Waals surface area contributed by atoms with Crippen LogP contribution in [0.4, 0.5) is 0 Å². The lowest BCUT2D eigenvalue weighted by Gasteiger charge is -2.21. The maximum Gasteiger partial charge on any atom is 0.472 e. The summed E-state index contributed by atoms with van der Waals surface area (Å²) in [6.07, 6.45) is 66.9. The Bertz CT molecular complexity index is 1870. The summed E-state index contributed by atoms with van der Waals surface area (Å²) in [6.45, 7) is 2.60. The molecular formula is C71H130O16P2. The van der Waals surface area contributed by atoms with Gasteiger partial charge < -0.3 is 34.2 Å². The highest BCUT2D eigenvalue weighted by atomic mass is 31.2. The zero-order chi connectivity index (χ0) is 65.3. The van der Waals surface area contributed by atoms with E-state index in [0.29, 0.717) is 19.3 Å². The molecule has 0 bridgehead atoms. The third-order valence-electron chi connectivity index (χ3n) is 15.3. The Labute approximate surface area is 541 Å². The summed E-state index contributed by atoms with van der Waals surface area (Å²) in [4.78, 5) is 58.4. The average molecular weight is 1300 g/mol. The first-order valence-electron chi connectivity index (χ1n) is 35.6. The quantitative estimate of drug-likeness (QED) is 0.0146. The molecule has 0 aromatic heterocycles. The molecule has 4 N–H and O–H groups in total. The molecule has 0 aromatic carbocycles. The lowest BCUT2D eigenvalue weighted by atomic mass is 10.0. The molecule has 5 unspecified atom stereocenters. The third kappa shape index (κ3) is 66.5. The van der Waals surface area contributed by atoms with Gasteiger partial charge in [-0.25, -0.2) is 9.13 Å². The van der Waals surface area contributed by atoms with Crippen molar-refractivity contribution in [2.24, 2.45) is 0 Å². The summed E-state index contributed by atoms with van der Waals surface area (Å²) in [5.41, 5.74) is 0. The number of rotatable bonds is 68. The average Bonchev–Trinajstić information content (AvgIpc) is 3.65. The zero-order valence-corrected chi connectivity index (χ0v) is 58.1. The van der Waals surface area contributed by atoms with Crippen molar-refractivity contribution in [3.05, 3.63) is 60.8 Å². The van der Waals surface area contributed by atoms with E-state index in [9.17, 15) is 43.5 Å². The summed E-state index contributed by atoms with van der Waals surface area (Å²) in [5, 5.41) is 20.6. The molecule has 0 heterocycles. The molecule has 0 saturated heterocycles. The van der Waals surface area contributed by atoms with Crippen LogP contribution >= 0.6 is 15.6 Å². The molecule has 0 radical (unpaired) electrons. The number of phosphoric ester groups is 2. The Morgan fingerprint density at radius 1 is 0.326 bits per heavy atom. The zero-order valence-electron chi connectivity index (χ0n) is 56.4. The van der Waals surface area contributed by atoms with Gasteiger partial charge in [0.25, 0.3) is 0 Å². The Kier molecular flexibility index (Phi) is 63.3. The van der Waals surface area contributed by atoms with E-state index >= 15 is 0 Å². The molecule has 0 amide bonds. The predicted molar refractivity (Wildman–Crippen MR) is 362 cm³/mol. The SMILES string of the molecule is CC/C=C\C/C=C\C/C=C\C/C=C\C/C=C\CCCCCCCCCC(=O)OCC(O)COP(=O)(O)OCC(O)COP(=O)(O)OCC(COC(=O)CCCCCCCCCCCCCCCCC)OC(=O)CCCCCCCCCCCCCCCCC. The van der Waals surface area contributed by atoms with Gasteiger partial charge >= 0.3 is 33.6 Å². The molecule has 89 heavy (non-hydrogen) atoms. The van der Waals surface area contributed by atoms with Gasteiger partial charge in [-0.1, -0.05) is 293 Å². The number of esters is 3. The molecule has 0 spiro atoms. The topological polar surface area (TPSA) is 231 Å². The van der Waals surface area contributed by atoms with Crippen LogP contribution in [0.5, 0.6) is 0 Å². The molecule has 18 heteroatoms. The summed E-state index contributed by atoms with van der Waals surface area (Å²) in [5.74, 6) is -1.56. The first-order valence-corrected chi connectivity index (χ1v) is 38.6.